The van der Waals surface area contributed by atoms with Crippen LogP contribution in [-0.2, 0) is 4.79 Å². The fourth-order valence-electron chi connectivity index (χ4n) is 2.71. The van der Waals surface area contributed by atoms with Crippen molar-refractivity contribution in [3.63, 3.8) is 0 Å². The molecule has 7 nitrogen and oxygen atoms in total. The van der Waals surface area contributed by atoms with Gasteiger partial charge in [-0.25, -0.2) is 9.07 Å². The molecule has 2 aromatic carbocycles. The third-order valence-corrected chi connectivity index (χ3v) is 4.80. The molecule has 0 spiro atoms. The summed E-state index contributed by atoms with van der Waals surface area (Å²) in [7, 11) is 0. The molecule has 0 fully saturated rings. The SMILES string of the molecule is O=C(O)CC(NC(=O)c1cc(=O)n(-c2cccc(F)c2)[nH]1)c1ccc(Cl)c(Cl)c1. The number of hydrogen-bond acceptors (Lipinski definition) is 3. The lowest BCUT2D eigenvalue weighted by Gasteiger charge is -2.17. The Morgan fingerprint density at radius 2 is 1.90 bits per heavy atom. The van der Waals surface area contributed by atoms with Gasteiger partial charge in [-0.1, -0.05) is 35.3 Å². The van der Waals surface area contributed by atoms with Crippen LogP contribution in [0.3, 0.4) is 0 Å². The zero-order chi connectivity index (χ0) is 21.1. The van der Waals surface area contributed by atoms with E-state index in [0.29, 0.717) is 5.56 Å². The Morgan fingerprint density at radius 3 is 2.55 bits per heavy atom. The number of nitrogens with zero attached hydrogens (tertiary/aromatic N) is 1. The Labute approximate surface area is 173 Å². The van der Waals surface area contributed by atoms with Crippen LogP contribution in [0.5, 0.6) is 0 Å². The number of benzene rings is 2. The monoisotopic (exact) mass is 437 g/mol. The minimum Gasteiger partial charge on any atom is -0.481 e. The number of rotatable bonds is 6. The van der Waals surface area contributed by atoms with Gasteiger partial charge in [0.05, 0.1) is 28.2 Å². The van der Waals surface area contributed by atoms with Crippen molar-refractivity contribution in [2.45, 2.75) is 12.5 Å². The van der Waals surface area contributed by atoms with Crippen molar-refractivity contribution in [3.8, 4) is 5.69 Å². The number of aromatic amines is 1. The summed E-state index contributed by atoms with van der Waals surface area (Å²) in [6.07, 6.45) is -0.418. The second-order valence-corrected chi connectivity index (χ2v) is 6.94. The Morgan fingerprint density at radius 1 is 1.14 bits per heavy atom. The minimum atomic E-state index is -1.15. The number of carboxylic acids is 1. The largest absolute Gasteiger partial charge is 0.481 e. The first-order valence-corrected chi connectivity index (χ1v) is 9.06. The molecule has 0 aliphatic carbocycles. The zero-order valence-corrected chi connectivity index (χ0v) is 16.2. The molecule has 0 radical (unpaired) electrons. The number of aromatic nitrogens is 2. The summed E-state index contributed by atoms with van der Waals surface area (Å²) < 4.78 is 14.4. The Hall–Kier alpha value is -3.10. The number of hydrogen-bond donors (Lipinski definition) is 3. The van der Waals surface area contributed by atoms with Gasteiger partial charge in [-0.2, -0.15) is 0 Å². The van der Waals surface area contributed by atoms with Crippen LogP contribution < -0.4 is 10.9 Å². The number of nitrogens with one attached hydrogen (secondary N) is 2. The number of carboxylic acid groups (broad SMARTS) is 1. The maximum Gasteiger partial charge on any atom is 0.305 e. The zero-order valence-electron chi connectivity index (χ0n) is 14.7. The lowest BCUT2D eigenvalue weighted by molar-refractivity contribution is -0.137. The average Bonchev–Trinajstić information content (AvgIpc) is 3.05. The lowest BCUT2D eigenvalue weighted by Crippen LogP contribution is -2.30. The van der Waals surface area contributed by atoms with Crippen LogP contribution in [0.1, 0.15) is 28.5 Å². The third-order valence-electron chi connectivity index (χ3n) is 4.06. The molecule has 150 valence electrons. The molecule has 3 aromatic rings. The Bertz CT molecular complexity index is 1140. The maximum absolute atomic E-state index is 13.4. The summed E-state index contributed by atoms with van der Waals surface area (Å²) in [4.78, 5) is 36.0. The number of H-pyrrole nitrogens is 1. The predicted octanol–water partition coefficient (Wildman–Crippen LogP) is 3.56. The first kappa shape index (κ1) is 20.6. The summed E-state index contributed by atoms with van der Waals surface area (Å²) in [5.74, 6) is -2.40. The van der Waals surface area contributed by atoms with E-state index in [9.17, 15) is 18.8 Å². The molecule has 1 atom stereocenters. The van der Waals surface area contributed by atoms with Gasteiger partial charge in [0.25, 0.3) is 11.5 Å². The van der Waals surface area contributed by atoms with Crippen LogP contribution in [0.25, 0.3) is 5.69 Å². The van der Waals surface area contributed by atoms with Gasteiger partial charge in [0.2, 0.25) is 0 Å². The molecule has 0 aliphatic rings. The molecule has 1 unspecified atom stereocenters. The van der Waals surface area contributed by atoms with Gasteiger partial charge >= 0.3 is 5.97 Å². The van der Waals surface area contributed by atoms with Crippen LogP contribution in [0.15, 0.2) is 53.3 Å². The standard InChI is InChI=1S/C19H14Cl2FN3O4/c20-13-5-4-10(6-14(13)21)15(9-18(27)28)23-19(29)16-8-17(26)25(24-16)12-3-1-2-11(22)7-12/h1-8,15,24H,9H2,(H,23,29)(H,27,28). The highest BCUT2D eigenvalue weighted by Crippen LogP contribution is 2.27. The summed E-state index contributed by atoms with van der Waals surface area (Å²) >= 11 is 11.9. The van der Waals surface area contributed by atoms with Gasteiger partial charge in [0.1, 0.15) is 11.5 Å². The quantitative estimate of drug-likeness (QED) is 0.548. The normalized spacial score (nSPS) is 11.8. The van der Waals surface area contributed by atoms with E-state index in [0.717, 1.165) is 16.8 Å². The van der Waals surface area contributed by atoms with Crippen molar-refractivity contribution < 1.29 is 19.1 Å². The molecule has 3 rings (SSSR count). The fraction of sp³-hybridized carbons (Fsp3) is 0.105. The molecule has 0 saturated heterocycles. The van der Waals surface area contributed by atoms with E-state index in [1.165, 1.54) is 30.3 Å². The van der Waals surface area contributed by atoms with Crippen molar-refractivity contribution in [3.05, 3.63) is 86.0 Å². The molecular formula is C19H14Cl2FN3O4. The second kappa shape index (κ2) is 8.50. The summed E-state index contributed by atoms with van der Waals surface area (Å²) in [6, 6.07) is 9.87. The second-order valence-electron chi connectivity index (χ2n) is 6.12. The van der Waals surface area contributed by atoms with Crippen LogP contribution >= 0.6 is 23.2 Å². The number of carbonyl (C=O) groups excluding carboxylic acids is 1. The molecule has 3 N–H and O–H groups in total. The van der Waals surface area contributed by atoms with Crippen LogP contribution in [0, 0.1) is 5.82 Å². The first-order valence-electron chi connectivity index (χ1n) is 8.30. The fourth-order valence-corrected chi connectivity index (χ4v) is 3.02. The Kier molecular flexibility index (Phi) is 6.05. The third kappa shape index (κ3) is 4.85. The lowest BCUT2D eigenvalue weighted by atomic mass is 10.0. The molecule has 0 bridgehead atoms. The highest BCUT2D eigenvalue weighted by Gasteiger charge is 2.21. The average molecular weight is 438 g/mol. The van der Waals surface area contributed by atoms with Gasteiger partial charge in [-0.05, 0) is 35.9 Å². The number of aliphatic carboxylic acids is 1. The van der Waals surface area contributed by atoms with E-state index in [-0.39, 0.29) is 21.4 Å². The highest BCUT2D eigenvalue weighted by atomic mass is 35.5. The number of halogens is 3. The first-order chi connectivity index (χ1) is 13.7. The number of amides is 1. The Balaban J connectivity index is 1.88. The van der Waals surface area contributed by atoms with Crippen molar-refractivity contribution in [2.24, 2.45) is 0 Å². The van der Waals surface area contributed by atoms with Gasteiger partial charge in [0.15, 0.2) is 0 Å². The van der Waals surface area contributed by atoms with E-state index in [1.54, 1.807) is 6.07 Å². The van der Waals surface area contributed by atoms with Gasteiger partial charge in [-0.3, -0.25) is 19.5 Å². The summed E-state index contributed by atoms with van der Waals surface area (Å²) in [5, 5.41) is 14.8. The van der Waals surface area contributed by atoms with Crippen molar-refractivity contribution >= 4 is 35.1 Å². The van der Waals surface area contributed by atoms with Crippen molar-refractivity contribution in [1.82, 2.24) is 15.1 Å². The molecule has 1 amide bonds. The van der Waals surface area contributed by atoms with Crippen LogP contribution in [-0.4, -0.2) is 26.8 Å². The van der Waals surface area contributed by atoms with Gasteiger partial charge in [-0.15, -0.1) is 0 Å². The van der Waals surface area contributed by atoms with Crippen molar-refractivity contribution in [1.29, 1.82) is 0 Å². The molecule has 10 heteroatoms. The van der Waals surface area contributed by atoms with Crippen molar-refractivity contribution in [2.75, 3.05) is 0 Å². The van der Waals surface area contributed by atoms with E-state index < -0.39 is 35.7 Å². The summed E-state index contributed by atoms with van der Waals surface area (Å²) in [5.41, 5.74) is -0.0533. The molecule has 1 heterocycles. The molecule has 0 aliphatic heterocycles. The molecular weight excluding hydrogens is 424 g/mol. The predicted molar refractivity (Wildman–Crippen MR) is 105 cm³/mol. The van der Waals surface area contributed by atoms with E-state index >= 15 is 0 Å². The van der Waals surface area contributed by atoms with Crippen LogP contribution in [0.2, 0.25) is 10.0 Å². The topological polar surface area (TPSA) is 104 Å². The molecule has 1 aromatic heterocycles. The van der Waals surface area contributed by atoms with E-state index in [4.69, 9.17) is 28.3 Å². The maximum atomic E-state index is 13.4. The van der Waals surface area contributed by atoms with Gasteiger partial charge in [0, 0.05) is 6.07 Å². The smallest absolute Gasteiger partial charge is 0.305 e. The van der Waals surface area contributed by atoms with E-state index in [2.05, 4.69) is 10.4 Å². The minimum absolute atomic E-state index is 0.116. The molecule has 29 heavy (non-hydrogen) atoms. The van der Waals surface area contributed by atoms with E-state index in [1.807, 2.05) is 0 Å². The summed E-state index contributed by atoms with van der Waals surface area (Å²) in [6.45, 7) is 0. The highest BCUT2D eigenvalue weighted by molar-refractivity contribution is 6.42. The number of carbonyl (C=O) groups is 2. The van der Waals surface area contributed by atoms with Crippen LogP contribution in [0.4, 0.5) is 4.39 Å². The molecule has 0 saturated carbocycles. The van der Waals surface area contributed by atoms with Gasteiger partial charge < -0.3 is 10.4 Å².